The monoisotopic (exact) mass is 308 g/mol. The summed E-state index contributed by atoms with van der Waals surface area (Å²) >= 11 is 1.47. The van der Waals surface area contributed by atoms with Gasteiger partial charge < -0.3 is 5.32 Å². The zero-order chi connectivity index (χ0) is 15.8. The van der Waals surface area contributed by atoms with Gasteiger partial charge in [0.15, 0.2) is 5.17 Å². The van der Waals surface area contributed by atoms with E-state index in [1.54, 1.807) is 12.1 Å². The molecule has 1 N–H and O–H groups in total. The van der Waals surface area contributed by atoms with Gasteiger partial charge in [-0.1, -0.05) is 44.7 Å². The van der Waals surface area contributed by atoms with Crippen molar-refractivity contribution in [2.45, 2.75) is 45.4 Å². The van der Waals surface area contributed by atoms with Crippen LogP contribution in [0, 0.1) is 11.2 Å². The van der Waals surface area contributed by atoms with E-state index in [9.17, 15) is 9.18 Å². The Labute approximate surface area is 129 Å². The molecule has 0 bridgehead atoms. The number of amides is 1. The predicted octanol–water partition coefficient (Wildman–Crippen LogP) is 3.91. The number of hydrogen-bond donors (Lipinski definition) is 1. The van der Waals surface area contributed by atoms with Gasteiger partial charge in [0.05, 0.1) is 6.04 Å². The number of halogens is 1. The Morgan fingerprint density at radius 2 is 1.86 bits per heavy atom. The van der Waals surface area contributed by atoms with Gasteiger partial charge >= 0.3 is 0 Å². The van der Waals surface area contributed by atoms with E-state index in [0.717, 1.165) is 5.56 Å². The first-order valence-electron chi connectivity index (χ1n) is 6.97. The minimum atomic E-state index is -0.533. The second-order valence-corrected chi connectivity index (χ2v) is 7.91. The minimum absolute atomic E-state index is 0.00921. The molecular weight excluding hydrogens is 287 g/mol. The summed E-state index contributed by atoms with van der Waals surface area (Å²) in [6.45, 7) is 10.0. The van der Waals surface area contributed by atoms with Gasteiger partial charge in [0.2, 0.25) is 5.91 Å². The summed E-state index contributed by atoms with van der Waals surface area (Å²) in [5.41, 5.74) is 0.751. The topological polar surface area (TPSA) is 41.5 Å². The molecule has 1 amide bonds. The quantitative estimate of drug-likeness (QED) is 0.900. The van der Waals surface area contributed by atoms with Crippen molar-refractivity contribution < 1.29 is 9.18 Å². The molecule has 2 rings (SSSR count). The number of carbonyl (C=O) groups excluding carboxylic acids is 1. The maximum Gasteiger partial charge on any atom is 0.242 e. The van der Waals surface area contributed by atoms with Crippen LogP contribution >= 0.6 is 11.8 Å². The number of carbonyl (C=O) groups is 1. The Morgan fingerprint density at radius 1 is 1.29 bits per heavy atom. The molecule has 1 aliphatic rings. The standard InChI is InChI=1S/C16H21FN2OS/c1-10(11-6-8-12(17)9-7-11)18-14-19-13(20)16(5,21-14)15(2,3)4/h6-10H,1-5H3,(H,18,19,20)/t10-,16-/m0/s1. The van der Waals surface area contributed by atoms with Crippen molar-refractivity contribution in [3.8, 4) is 0 Å². The molecule has 1 aromatic carbocycles. The number of hydrogen-bond acceptors (Lipinski definition) is 3. The van der Waals surface area contributed by atoms with E-state index in [1.165, 1.54) is 23.9 Å². The molecule has 1 fully saturated rings. The van der Waals surface area contributed by atoms with Crippen LogP contribution in [0.4, 0.5) is 4.39 Å². The molecule has 0 saturated carbocycles. The minimum Gasteiger partial charge on any atom is -0.304 e. The number of nitrogens with zero attached hydrogens (tertiary/aromatic N) is 1. The maximum absolute atomic E-state index is 12.9. The predicted molar refractivity (Wildman–Crippen MR) is 85.8 cm³/mol. The van der Waals surface area contributed by atoms with Crippen LogP contribution in [0.1, 0.15) is 46.2 Å². The molecular formula is C16H21FN2OS. The van der Waals surface area contributed by atoms with Gasteiger partial charge in [0.1, 0.15) is 10.6 Å². The Kier molecular flexibility index (Phi) is 4.15. The number of thioether (sulfide) groups is 1. The van der Waals surface area contributed by atoms with Crippen LogP contribution < -0.4 is 5.32 Å². The third kappa shape index (κ3) is 3.12. The van der Waals surface area contributed by atoms with E-state index in [2.05, 4.69) is 10.3 Å². The highest BCUT2D eigenvalue weighted by Crippen LogP contribution is 2.45. The van der Waals surface area contributed by atoms with E-state index in [1.807, 2.05) is 34.6 Å². The third-order valence-electron chi connectivity index (χ3n) is 4.05. The lowest BCUT2D eigenvalue weighted by Gasteiger charge is -2.34. The Balaban J connectivity index is 2.20. The van der Waals surface area contributed by atoms with Crippen molar-refractivity contribution in [2.24, 2.45) is 10.4 Å². The van der Waals surface area contributed by atoms with Crippen molar-refractivity contribution in [3.63, 3.8) is 0 Å². The van der Waals surface area contributed by atoms with Crippen LogP contribution in [-0.4, -0.2) is 15.8 Å². The third-order valence-corrected chi connectivity index (χ3v) is 5.66. The molecule has 2 atom stereocenters. The zero-order valence-electron chi connectivity index (χ0n) is 13.0. The van der Waals surface area contributed by atoms with Crippen molar-refractivity contribution in [3.05, 3.63) is 35.6 Å². The van der Waals surface area contributed by atoms with E-state index >= 15 is 0 Å². The summed E-state index contributed by atoms with van der Waals surface area (Å²) < 4.78 is 12.4. The lowest BCUT2D eigenvalue weighted by molar-refractivity contribution is -0.123. The van der Waals surface area contributed by atoms with E-state index in [4.69, 9.17) is 0 Å². The summed E-state index contributed by atoms with van der Waals surface area (Å²) in [4.78, 5) is 16.8. The summed E-state index contributed by atoms with van der Waals surface area (Å²) in [6.07, 6.45) is 0. The fraction of sp³-hybridized carbons (Fsp3) is 0.500. The van der Waals surface area contributed by atoms with Crippen LogP contribution in [0.15, 0.2) is 29.3 Å². The molecule has 0 aromatic heterocycles. The number of rotatable bonds is 2. The van der Waals surface area contributed by atoms with Crippen molar-refractivity contribution in [1.82, 2.24) is 5.32 Å². The van der Waals surface area contributed by atoms with E-state index < -0.39 is 4.75 Å². The highest BCUT2D eigenvalue weighted by atomic mass is 32.2. The van der Waals surface area contributed by atoms with Gasteiger partial charge in [-0.25, -0.2) is 4.39 Å². The van der Waals surface area contributed by atoms with E-state index in [-0.39, 0.29) is 23.2 Å². The smallest absolute Gasteiger partial charge is 0.242 e. The first-order valence-corrected chi connectivity index (χ1v) is 7.79. The highest BCUT2D eigenvalue weighted by Gasteiger charge is 2.50. The van der Waals surface area contributed by atoms with Crippen molar-refractivity contribution in [2.75, 3.05) is 0 Å². The van der Waals surface area contributed by atoms with Gasteiger partial charge in [-0.3, -0.25) is 9.79 Å². The van der Waals surface area contributed by atoms with Crippen LogP contribution in [0.2, 0.25) is 0 Å². The molecule has 0 radical (unpaired) electrons. The number of nitrogens with one attached hydrogen (secondary N) is 1. The number of benzene rings is 1. The molecule has 1 aliphatic heterocycles. The van der Waals surface area contributed by atoms with E-state index in [0.29, 0.717) is 5.17 Å². The van der Waals surface area contributed by atoms with Crippen LogP contribution in [0.3, 0.4) is 0 Å². The molecule has 21 heavy (non-hydrogen) atoms. The van der Waals surface area contributed by atoms with Gasteiger partial charge in [-0.2, -0.15) is 0 Å². The molecule has 1 aromatic rings. The lowest BCUT2D eigenvalue weighted by atomic mass is 9.80. The highest BCUT2D eigenvalue weighted by molar-refractivity contribution is 8.16. The van der Waals surface area contributed by atoms with Crippen LogP contribution in [0.5, 0.6) is 0 Å². The number of aliphatic imine (C=N–C) groups is 1. The maximum atomic E-state index is 12.9. The summed E-state index contributed by atoms with van der Waals surface area (Å²) in [5, 5.41) is 3.50. The second kappa shape index (κ2) is 5.44. The second-order valence-electron chi connectivity index (χ2n) is 6.50. The first-order chi connectivity index (χ1) is 9.63. The van der Waals surface area contributed by atoms with Gasteiger partial charge in [-0.15, -0.1) is 0 Å². The Bertz CT molecular complexity index is 577. The van der Waals surface area contributed by atoms with Gasteiger partial charge in [0.25, 0.3) is 0 Å². The van der Waals surface area contributed by atoms with Crippen molar-refractivity contribution >= 4 is 22.8 Å². The Morgan fingerprint density at radius 3 is 2.33 bits per heavy atom. The number of amidine groups is 1. The molecule has 114 valence electrons. The average Bonchev–Trinajstić information content (AvgIpc) is 2.66. The fourth-order valence-electron chi connectivity index (χ4n) is 2.03. The molecule has 1 heterocycles. The summed E-state index contributed by atoms with van der Waals surface area (Å²) in [7, 11) is 0. The zero-order valence-corrected chi connectivity index (χ0v) is 13.8. The molecule has 5 heteroatoms. The molecule has 0 aliphatic carbocycles. The van der Waals surface area contributed by atoms with Gasteiger partial charge in [-0.05, 0) is 37.0 Å². The normalized spacial score (nSPS) is 26.0. The lowest BCUT2D eigenvalue weighted by Crippen LogP contribution is -2.44. The fourth-order valence-corrected chi connectivity index (χ4v) is 3.22. The molecule has 0 spiro atoms. The largest absolute Gasteiger partial charge is 0.304 e. The summed E-state index contributed by atoms with van der Waals surface area (Å²) in [5.74, 6) is -0.271. The molecule has 1 saturated heterocycles. The Hall–Kier alpha value is -1.36. The average molecular weight is 308 g/mol. The SMILES string of the molecule is C[C@H](N=C1NC(=O)[C@@](C)(C(C)(C)C)S1)c1ccc(F)cc1. The van der Waals surface area contributed by atoms with Gasteiger partial charge in [0, 0.05) is 0 Å². The molecule has 3 nitrogen and oxygen atoms in total. The van der Waals surface area contributed by atoms with Crippen LogP contribution in [-0.2, 0) is 4.79 Å². The van der Waals surface area contributed by atoms with Crippen LogP contribution in [0.25, 0.3) is 0 Å². The first kappa shape index (κ1) is 16.0. The summed E-state index contributed by atoms with van der Waals surface area (Å²) in [6, 6.07) is 6.15. The van der Waals surface area contributed by atoms with Crippen molar-refractivity contribution in [1.29, 1.82) is 0 Å². The molecule has 0 unspecified atom stereocenters.